The van der Waals surface area contributed by atoms with Crippen LogP contribution in [-0.2, 0) is 14.8 Å². The van der Waals surface area contributed by atoms with Crippen LogP contribution in [0.3, 0.4) is 0 Å². The molecule has 0 atom stereocenters. The van der Waals surface area contributed by atoms with Gasteiger partial charge in [0.1, 0.15) is 5.75 Å². The van der Waals surface area contributed by atoms with Crippen LogP contribution in [0.15, 0.2) is 47.4 Å². The molecule has 0 aliphatic carbocycles. The number of rotatable bonds is 8. The van der Waals surface area contributed by atoms with Crippen LogP contribution >= 0.6 is 0 Å². The highest BCUT2D eigenvalue weighted by Crippen LogP contribution is 2.29. The van der Waals surface area contributed by atoms with E-state index < -0.39 is 10.0 Å². The zero-order valence-corrected chi connectivity index (χ0v) is 19.4. The second-order valence-electron chi connectivity index (χ2n) is 7.33. The van der Waals surface area contributed by atoms with Crippen LogP contribution in [0.4, 0.5) is 5.69 Å². The standard InChI is InChI=1S/C22H29N3O6S/c1-29-18-6-8-19(9-7-18)32(27,28)25-12-4-11-24(13-14-25)16-22(26)23-17-5-10-20(30-2)21(15-17)31-3/h5-10,15H,4,11-14,16H2,1-3H3,(H,23,26). The molecule has 32 heavy (non-hydrogen) atoms. The van der Waals surface area contributed by atoms with Crippen LogP contribution in [-0.4, -0.2) is 77.6 Å². The number of nitrogens with zero attached hydrogens (tertiary/aromatic N) is 2. The molecule has 9 nitrogen and oxygen atoms in total. The van der Waals surface area contributed by atoms with Gasteiger partial charge in [0, 0.05) is 31.4 Å². The van der Waals surface area contributed by atoms with E-state index in [2.05, 4.69) is 5.32 Å². The molecule has 2 aromatic carbocycles. The minimum Gasteiger partial charge on any atom is -0.497 e. The summed E-state index contributed by atoms with van der Waals surface area (Å²) in [6.07, 6.45) is 0.638. The Bertz CT molecular complexity index is 1030. The minimum atomic E-state index is -3.60. The highest BCUT2D eigenvalue weighted by atomic mass is 32.2. The zero-order valence-electron chi connectivity index (χ0n) is 18.5. The van der Waals surface area contributed by atoms with Crippen LogP contribution < -0.4 is 19.5 Å². The number of carbonyl (C=O) groups is 1. The van der Waals surface area contributed by atoms with Crippen molar-refractivity contribution < 1.29 is 27.4 Å². The lowest BCUT2D eigenvalue weighted by Crippen LogP contribution is -2.38. The van der Waals surface area contributed by atoms with Crippen LogP contribution in [0.1, 0.15) is 6.42 Å². The SMILES string of the molecule is COc1ccc(S(=O)(=O)N2CCCN(CC(=O)Nc3ccc(OC)c(OC)c3)CC2)cc1. The molecule has 3 rings (SSSR count). The monoisotopic (exact) mass is 463 g/mol. The average Bonchev–Trinajstić information content (AvgIpc) is 3.05. The molecule has 1 aliphatic rings. The maximum atomic E-state index is 13.0. The summed E-state index contributed by atoms with van der Waals surface area (Å²) < 4.78 is 43.0. The van der Waals surface area contributed by atoms with Gasteiger partial charge in [-0.05, 0) is 49.4 Å². The summed E-state index contributed by atoms with van der Waals surface area (Å²) in [6, 6.07) is 11.5. The second-order valence-corrected chi connectivity index (χ2v) is 9.27. The first kappa shape index (κ1) is 23.8. The number of sulfonamides is 1. The topological polar surface area (TPSA) is 97.4 Å². The van der Waals surface area contributed by atoms with Gasteiger partial charge in [-0.3, -0.25) is 9.69 Å². The third-order valence-corrected chi connectivity index (χ3v) is 7.19. The van der Waals surface area contributed by atoms with Gasteiger partial charge >= 0.3 is 0 Å². The van der Waals surface area contributed by atoms with Gasteiger partial charge in [0.15, 0.2) is 11.5 Å². The van der Waals surface area contributed by atoms with E-state index in [0.29, 0.717) is 55.5 Å². The molecule has 174 valence electrons. The number of anilines is 1. The quantitative estimate of drug-likeness (QED) is 0.640. The summed E-state index contributed by atoms with van der Waals surface area (Å²) in [5, 5.41) is 2.85. The number of hydrogen-bond donors (Lipinski definition) is 1. The largest absolute Gasteiger partial charge is 0.497 e. The van der Waals surface area contributed by atoms with Crippen molar-refractivity contribution in [2.24, 2.45) is 0 Å². The minimum absolute atomic E-state index is 0.171. The molecule has 0 unspecified atom stereocenters. The fraction of sp³-hybridized carbons (Fsp3) is 0.409. The van der Waals surface area contributed by atoms with Crippen molar-refractivity contribution in [3.05, 3.63) is 42.5 Å². The number of carbonyl (C=O) groups excluding carboxylic acids is 1. The number of nitrogens with one attached hydrogen (secondary N) is 1. The lowest BCUT2D eigenvalue weighted by molar-refractivity contribution is -0.117. The number of hydrogen-bond acceptors (Lipinski definition) is 7. The Morgan fingerprint density at radius 1 is 0.906 bits per heavy atom. The van der Waals surface area contributed by atoms with Gasteiger partial charge in [-0.1, -0.05) is 0 Å². The van der Waals surface area contributed by atoms with Crippen molar-refractivity contribution in [3.8, 4) is 17.2 Å². The Morgan fingerprint density at radius 2 is 1.62 bits per heavy atom. The number of benzene rings is 2. The lowest BCUT2D eigenvalue weighted by atomic mass is 10.2. The normalized spacial score (nSPS) is 15.6. The number of methoxy groups -OCH3 is 3. The summed E-state index contributed by atoms with van der Waals surface area (Å²) in [5.74, 6) is 1.53. The Hall–Kier alpha value is -2.82. The third-order valence-electron chi connectivity index (χ3n) is 5.28. The van der Waals surface area contributed by atoms with Gasteiger partial charge in [-0.25, -0.2) is 8.42 Å². The van der Waals surface area contributed by atoms with Crippen molar-refractivity contribution in [1.82, 2.24) is 9.21 Å². The second kappa shape index (κ2) is 10.7. The first-order valence-corrected chi connectivity index (χ1v) is 11.7. The van der Waals surface area contributed by atoms with Crippen molar-refractivity contribution in [2.75, 3.05) is 59.4 Å². The fourth-order valence-electron chi connectivity index (χ4n) is 3.56. The van der Waals surface area contributed by atoms with Gasteiger partial charge in [-0.15, -0.1) is 0 Å². The van der Waals surface area contributed by atoms with Crippen LogP contribution in [0.2, 0.25) is 0 Å². The molecule has 0 spiro atoms. The van der Waals surface area contributed by atoms with Crippen LogP contribution in [0.25, 0.3) is 0 Å². The Kier molecular flexibility index (Phi) is 7.94. The Labute approximate surface area is 188 Å². The summed E-state index contributed by atoms with van der Waals surface area (Å²) in [7, 11) is 1.02. The van der Waals surface area contributed by atoms with E-state index in [-0.39, 0.29) is 17.3 Å². The molecule has 0 radical (unpaired) electrons. The molecule has 0 aromatic heterocycles. The number of ether oxygens (including phenoxy) is 3. The highest BCUT2D eigenvalue weighted by molar-refractivity contribution is 7.89. The van der Waals surface area contributed by atoms with E-state index in [4.69, 9.17) is 14.2 Å². The molecule has 1 aliphatic heterocycles. The molecule has 1 saturated heterocycles. The smallest absolute Gasteiger partial charge is 0.243 e. The summed E-state index contributed by atoms with van der Waals surface area (Å²) in [6.45, 7) is 1.99. The predicted octanol–water partition coefficient (Wildman–Crippen LogP) is 2.05. The van der Waals surface area contributed by atoms with Crippen molar-refractivity contribution in [1.29, 1.82) is 0 Å². The van der Waals surface area contributed by atoms with Gasteiger partial charge < -0.3 is 19.5 Å². The molecular weight excluding hydrogens is 434 g/mol. The van der Waals surface area contributed by atoms with E-state index in [1.54, 1.807) is 49.6 Å². The molecule has 1 heterocycles. The lowest BCUT2D eigenvalue weighted by Gasteiger charge is -2.21. The maximum absolute atomic E-state index is 13.0. The Morgan fingerprint density at radius 3 is 2.28 bits per heavy atom. The number of amides is 1. The van der Waals surface area contributed by atoms with Crippen molar-refractivity contribution in [2.45, 2.75) is 11.3 Å². The average molecular weight is 464 g/mol. The van der Waals surface area contributed by atoms with E-state index in [1.807, 2.05) is 4.90 Å². The molecule has 1 amide bonds. The summed E-state index contributed by atoms with van der Waals surface area (Å²) >= 11 is 0. The first-order valence-electron chi connectivity index (χ1n) is 10.3. The molecule has 0 saturated carbocycles. The van der Waals surface area contributed by atoms with Crippen molar-refractivity contribution >= 4 is 21.6 Å². The Balaban J connectivity index is 1.58. The van der Waals surface area contributed by atoms with E-state index in [9.17, 15) is 13.2 Å². The molecule has 1 fully saturated rings. The molecule has 10 heteroatoms. The first-order chi connectivity index (χ1) is 15.4. The maximum Gasteiger partial charge on any atom is 0.243 e. The summed E-state index contributed by atoms with van der Waals surface area (Å²) in [5.41, 5.74) is 0.603. The van der Waals surface area contributed by atoms with Gasteiger partial charge in [0.05, 0.1) is 32.8 Å². The van der Waals surface area contributed by atoms with Crippen LogP contribution in [0, 0.1) is 0 Å². The summed E-state index contributed by atoms with van der Waals surface area (Å²) in [4.78, 5) is 14.7. The van der Waals surface area contributed by atoms with E-state index >= 15 is 0 Å². The molecule has 2 aromatic rings. The van der Waals surface area contributed by atoms with E-state index in [0.717, 1.165) is 0 Å². The highest BCUT2D eigenvalue weighted by Gasteiger charge is 2.27. The van der Waals surface area contributed by atoms with Gasteiger partial charge in [-0.2, -0.15) is 4.31 Å². The zero-order chi connectivity index (χ0) is 23.1. The van der Waals surface area contributed by atoms with Gasteiger partial charge in [0.2, 0.25) is 15.9 Å². The van der Waals surface area contributed by atoms with Crippen LogP contribution in [0.5, 0.6) is 17.2 Å². The molecular formula is C22H29N3O6S. The predicted molar refractivity (Wildman–Crippen MR) is 121 cm³/mol. The molecule has 1 N–H and O–H groups in total. The fourth-order valence-corrected chi connectivity index (χ4v) is 5.03. The van der Waals surface area contributed by atoms with Crippen molar-refractivity contribution in [3.63, 3.8) is 0 Å². The molecule has 0 bridgehead atoms. The van der Waals surface area contributed by atoms with E-state index in [1.165, 1.54) is 18.5 Å². The van der Waals surface area contributed by atoms with Gasteiger partial charge in [0.25, 0.3) is 0 Å². The third kappa shape index (κ3) is 5.70.